The SMILES string of the molecule is C=C(C)[C@@H]1CC[C@]2(C(=C)OC)CC[C@]3(C)C(CCC4[C@@]5(C)CC/C(=N\O)[C@@](C)(CO)[C@@H]5CC[C@]43C)C12. The van der Waals surface area contributed by atoms with Crippen LogP contribution >= 0.6 is 0 Å². The number of rotatable bonds is 4. The number of nitrogens with zero attached hydrogens (tertiary/aromatic N) is 1. The van der Waals surface area contributed by atoms with Gasteiger partial charge in [-0.15, -0.1) is 0 Å². The molecule has 0 radical (unpaired) electrons. The summed E-state index contributed by atoms with van der Waals surface area (Å²) in [6.07, 6.45) is 11.5. The van der Waals surface area contributed by atoms with Crippen molar-refractivity contribution in [2.24, 2.45) is 61.8 Å². The van der Waals surface area contributed by atoms with Crippen LogP contribution in [-0.4, -0.2) is 29.7 Å². The Morgan fingerprint density at radius 1 is 0.944 bits per heavy atom. The van der Waals surface area contributed by atoms with Crippen LogP contribution < -0.4 is 0 Å². The summed E-state index contributed by atoms with van der Waals surface area (Å²) in [5.41, 5.74) is 2.51. The first kappa shape index (κ1) is 26.3. The Morgan fingerprint density at radius 3 is 2.28 bits per heavy atom. The molecule has 5 fully saturated rings. The van der Waals surface area contributed by atoms with Crippen molar-refractivity contribution in [2.75, 3.05) is 13.7 Å². The number of aliphatic hydroxyl groups excluding tert-OH is 1. The van der Waals surface area contributed by atoms with Crippen LogP contribution in [0, 0.1) is 56.7 Å². The molecule has 5 aliphatic rings. The molecule has 0 amide bonds. The summed E-state index contributed by atoms with van der Waals surface area (Å²) in [5.74, 6) is 3.79. The highest BCUT2D eigenvalue weighted by Gasteiger charge is 2.71. The number of methoxy groups -OCH3 is 1. The number of allylic oxidation sites excluding steroid dienone is 2. The van der Waals surface area contributed by atoms with Gasteiger partial charge in [0, 0.05) is 10.8 Å². The van der Waals surface area contributed by atoms with Gasteiger partial charge in [0.15, 0.2) is 0 Å². The van der Waals surface area contributed by atoms with E-state index in [-0.39, 0.29) is 28.3 Å². The second-order valence-corrected chi connectivity index (χ2v) is 14.6. The van der Waals surface area contributed by atoms with Gasteiger partial charge in [-0.2, -0.15) is 0 Å². The lowest BCUT2D eigenvalue weighted by molar-refractivity contribution is -0.229. The summed E-state index contributed by atoms with van der Waals surface area (Å²) in [6, 6.07) is 0. The number of oxime groups is 1. The lowest BCUT2D eigenvalue weighted by Crippen LogP contribution is -2.67. The van der Waals surface area contributed by atoms with E-state index in [4.69, 9.17) is 4.74 Å². The van der Waals surface area contributed by atoms with Crippen LogP contribution in [0.25, 0.3) is 0 Å². The summed E-state index contributed by atoms with van der Waals surface area (Å²) >= 11 is 0. The minimum absolute atomic E-state index is 0.0694. The maximum Gasteiger partial charge on any atom is 0.0948 e. The molecule has 36 heavy (non-hydrogen) atoms. The Kier molecular flexibility index (Phi) is 6.11. The minimum atomic E-state index is -0.421. The van der Waals surface area contributed by atoms with Crippen molar-refractivity contribution in [2.45, 2.75) is 98.8 Å². The summed E-state index contributed by atoms with van der Waals surface area (Å²) in [5, 5.41) is 24.1. The van der Waals surface area contributed by atoms with Gasteiger partial charge in [0.25, 0.3) is 0 Å². The second-order valence-electron chi connectivity index (χ2n) is 14.6. The first-order valence-corrected chi connectivity index (χ1v) is 14.6. The van der Waals surface area contributed by atoms with Crippen LogP contribution in [0.15, 0.2) is 29.6 Å². The van der Waals surface area contributed by atoms with E-state index >= 15 is 0 Å². The second kappa shape index (κ2) is 8.35. The van der Waals surface area contributed by atoms with E-state index in [1.54, 1.807) is 0 Å². The van der Waals surface area contributed by atoms with Gasteiger partial charge < -0.3 is 15.1 Å². The Labute approximate surface area is 219 Å². The first-order valence-electron chi connectivity index (χ1n) is 14.6. The number of fused-ring (bicyclic) bond motifs is 7. The minimum Gasteiger partial charge on any atom is -0.501 e. The zero-order valence-corrected chi connectivity index (χ0v) is 23.8. The van der Waals surface area contributed by atoms with Crippen molar-refractivity contribution in [3.63, 3.8) is 0 Å². The number of hydrogen-bond donors (Lipinski definition) is 2. The monoisotopic (exact) mass is 497 g/mol. The van der Waals surface area contributed by atoms with E-state index in [0.717, 1.165) is 30.7 Å². The van der Waals surface area contributed by atoms with Gasteiger partial charge in [0.2, 0.25) is 0 Å². The molecule has 0 spiro atoms. The molecule has 0 aromatic heterocycles. The largest absolute Gasteiger partial charge is 0.501 e. The molecule has 2 N–H and O–H groups in total. The van der Waals surface area contributed by atoms with Gasteiger partial charge in [0.1, 0.15) is 0 Å². The van der Waals surface area contributed by atoms with Gasteiger partial charge in [-0.05, 0) is 117 Å². The predicted molar refractivity (Wildman–Crippen MR) is 146 cm³/mol. The number of ether oxygens (including phenoxy) is 1. The molecule has 3 unspecified atom stereocenters. The van der Waals surface area contributed by atoms with Crippen LogP contribution in [-0.2, 0) is 4.74 Å². The van der Waals surface area contributed by atoms with Gasteiger partial charge in [-0.1, -0.05) is 51.6 Å². The fraction of sp³-hybridized carbons (Fsp3) is 0.844. The Morgan fingerprint density at radius 2 is 1.67 bits per heavy atom. The van der Waals surface area contributed by atoms with E-state index < -0.39 is 5.41 Å². The summed E-state index contributed by atoms with van der Waals surface area (Å²) in [4.78, 5) is 0. The van der Waals surface area contributed by atoms with Crippen molar-refractivity contribution < 1.29 is 15.1 Å². The fourth-order valence-electron chi connectivity index (χ4n) is 11.8. The first-order chi connectivity index (χ1) is 16.9. The van der Waals surface area contributed by atoms with Crippen molar-refractivity contribution in [3.05, 3.63) is 24.5 Å². The molecule has 0 heterocycles. The molecule has 0 bridgehead atoms. The van der Waals surface area contributed by atoms with Gasteiger partial charge in [-0.25, -0.2) is 0 Å². The van der Waals surface area contributed by atoms with E-state index in [0.29, 0.717) is 29.6 Å². The van der Waals surface area contributed by atoms with E-state index in [9.17, 15) is 10.3 Å². The molecule has 0 aromatic carbocycles. The van der Waals surface area contributed by atoms with Gasteiger partial charge in [-0.3, -0.25) is 0 Å². The smallest absolute Gasteiger partial charge is 0.0948 e. The van der Waals surface area contributed by atoms with Crippen LogP contribution in [0.4, 0.5) is 0 Å². The predicted octanol–water partition coefficient (Wildman–Crippen LogP) is 7.61. The standard InChI is InChI=1S/C32H51NO3/c1-20(2)22-11-16-32(21(3)36-8)18-17-30(6)23(27(22)32)9-10-25-28(4)14-13-26(33-35)29(5,19-34)24(28)12-15-31(25,30)7/h22-25,27,34-35H,1,3,9-19H2,2,4-8H3/b33-26+/t22-,23?,24+,25?,27?,28-,29-,30+,31+,32+/m0/s1. The highest BCUT2D eigenvalue weighted by molar-refractivity contribution is 5.91. The van der Waals surface area contributed by atoms with E-state index in [1.807, 2.05) is 7.11 Å². The Balaban J connectivity index is 1.56. The summed E-state index contributed by atoms with van der Waals surface area (Å²) < 4.78 is 5.93. The van der Waals surface area contributed by atoms with E-state index in [2.05, 4.69) is 52.9 Å². The van der Waals surface area contributed by atoms with Crippen molar-refractivity contribution >= 4 is 5.71 Å². The molecule has 5 saturated carbocycles. The topological polar surface area (TPSA) is 62.0 Å². The highest BCUT2D eigenvalue weighted by atomic mass is 16.5. The van der Waals surface area contributed by atoms with E-state index in [1.165, 1.54) is 50.5 Å². The molecule has 4 nitrogen and oxygen atoms in total. The number of hydrogen-bond acceptors (Lipinski definition) is 4. The van der Waals surface area contributed by atoms with Crippen LogP contribution in [0.5, 0.6) is 0 Å². The lowest BCUT2D eigenvalue weighted by atomic mass is 9.32. The van der Waals surface area contributed by atoms with Gasteiger partial charge >= 0.3 is 0 Å². The third-order valence-electron chi connectivity index (χ3n) is 13.9. The van der Waals surface area contributed by atoms with Gasteiger partial charge in [0.05, 0.1) is 25.2 Å². The van der Waals surface area contributed by atoms with Crippen LogP contribution in [0.3, 0.4) is 0 Å². The summed E-state index contributed by atoms with van der Waals surface area (Å²) in [6.45, 7) is 21.3. The molecular weight excluding hydrogens is 446 g/mol. The molecule has 5 aliphatic carbocycles. The Bertz CT molecular complexity index is 972. The van der Waals surface area contributed by atoms with Crippen molar-refractivity contribution in [1.82, 2.24) is 0 Å². The quantitative estimate of drug-likeness (QED) is 0.182. The zero-order valence-electron chi connectivity index (χ0n) is 23.8. The average molecular weight is 498 g/mol. The molecule has 202 valence electrons. The maximum atomic E-state index is 10.6. The Hall–Kier alpha value is -1.29. The molecule has 0 aliphatic heterocycles. The summed E-state index contributed by atoms with van der Waals surface area (Å²) in [7, 11) is 1.82. The highest BCUT2D eigenvalue weighted by Crippen LogP contribution is 2.78. The lowest BCUT2D eigenvalue weighted by Gasteiger charge is -2.72. The molecule has 5 rings (SSSR count). The molecule has 0 saturated heterocycles. The van der Waals surface area contributed by atoms with Crippen molar-refractivity contribution in [1.29, 1.82) is 0 Å². The van der Waals surface area contributed by atoms with Crippen LogP contribution in [0.1, 0.15) is 98.8 Å². The normalized spacial score (nSPS) is 53.1. The van der Waals surface area contributed by atoms with Crippen LogP contribution in [0.2, 0.25) is 0 Å². The third kappa shape index (κ3) is 3.00. The van der Waals surface area contributed by atoms with Crippen molar-refractivity contribution in [3.8, 4) is 0 Å². The zero-order chi connectivity index (χ0) is 26.3. The average Bonchev–Trinajstić information content (AvgIpc) is 3.25. The molecular formula is C32H51NO3. The molecule has 10 atom stereocenters. The fourth-order valence-corrected chi connectivity index (χ4v) is 11.8. The number of aliphatic hydroxyl groups is 1. The maximum absolute atomic E-state index is 10.6. The third-order valence-corrected chi connectivity index (χ3v) is 13.9. The molecule has 4 heteroatoms. The molecule has 0 aromatic rings.